The number of alkyl carbamates (subject to hydrolysis) is 2. The maximum atomic E-state index is 14.4. The quantitative estimate of drug-likeness (QED) is 0.0887. The number of hydrogen-bond acceptors (Lipinski definition) is 10. The monoisotopic (exact) mass is 931 g/mol. The first-order chi connectivity index (χ1) is 32.8. The van der Waals surface area contributed by atoms with Crippen molar-refractivity contribution in [2.45, 2.75) is 110 Å². The van der Waals surface area contributed by atoms with E-state index in [4.69, 9.17) is 28.9 Å². The summed E-state index contributed by atoms with van der Waals surface area (Å²) in [7, 11) is 2.60. The van der Waals surface area contributed by atoms with Crippen molar-refractivity contribution in [1.29, 1.82) is 0 Å². The number of hydrogen-bond donors (Lipinski definition) is 4. The lowest BCUT2D eigenvalue weighted by Gasteiger charge is -2.30. The first-order valence-electron chi connectivity index (χ1n) is 24.5. The second kappa shape index (κ2) is 19.8. The highest BCUT2D eigenvalue weighted by Gasteiger charge is 2.43. The van der Waals surface area contributed by atoms with Crippen LogP contribution in [-0.4, -0.2) is 106 Å². The van der Waals surface area contributed by atoms with Crippen LogP contribution in [0.25, 0.3) is 44.2 Å². The number of carbonyl (C=O) groups is 4. The van der Waals surface area contributed by atoms with Gasteiger partial charge >= 0.3 is 12.2 Å². The number of aromatic amines is 2. The molecule has 4 amide bonds. The number of methoxy groups -OCH3 is 2. The number of amides is 4. The summed E-state index contributed by atoms with van der Waals surface area (Å²) in [6, 6.07) is 12.6. The van der Waals surface area contributed by atoms with E-state index in [1.54, 1.807) is 0 Å². The number of imidazole rings is 2. The van der Waals surface area contributed by atoms with Crippen molar-refractivity contribution < 1.29 is 38.1 Å². The van der Waals surface area contributed by atoms with E-state index in [2.05, 4.69) is 63.9 Å². The van der Waals surface area contributed by atoms with Gasteiger partial charge in [-0.05, 0) is 95.7 Å². The fourth-order valence-electron chi connectivity index (χ4n) is 10.9. The molecule has 4 aliphatic rings. The van der Waals surface area contributed by atoms with E-state index in [9.17, 15) is 19.2 Å². The Morgan fingerprint density at radius 1 is 0.779 bits per heavy atom. The molecule has 1 aliphatic carbocycles. The zero-order chi connectivity index (χ0) is 47.8. The third-order valence-electron chi connectivity index (χ3n) is 14.6. The van der Waals surface area contributed by atoms with Gasteiger partial charge in [-0.25, -0.2) is 19.6 Å². The predicted molar refractivity (Wildman–Crippen MR) is 257 cm³/mol. The van der Waals surface area contributed by atoms with Crippen LogP contribution in [0.1, 0.15) is 109 Å². The number of rotatable bonds is 13. The largest absolute Gasteiger partial charge is 0.488 e. The van der Waals surface area contributed by atoms with Crippen molar-refractivity contribution in [2.24, 2.45) is 29.6 Å². The highest BCUT2D eigenvalue weighted by molar-refractivity contribution is 6.07. The van der Waals surface area contributed by atoms with Gasteiger partial charge in [-0.3, -0.25) is 9.59 Å². The second-order valence-corrected chi connectivity index (χ2v) is 20.2. The summed E-state index contributed by atoms with van der Waals surface area (Å²) >= 11 is 0. The van der Waals surface area contributed by atoms with E-state index in [0.717, 1.165) is 68.5 Å². The molecule has 4 N–H and O–H groups in total. The molecule has 5 heterocycles. The highest BCUT2D eigenvalue weighted by Crippen LogP contribution is 2.44. The summed E-state index contributed by atoms with van der Waals surface area (Å²) in [5.41, 5.74) is 6.56. The van der Waals surface area contributed by atoms with E-state index in [1.165, 1.54) is 46.3 Å². The average molecular weight is 931 g/mol. The van der Waals surface area contributed by atoms with Crippen molar-refractivity contribution in [3.05, 3.63) is 65.9 Å². The van der Waals surface area contributed by atoms with Crippen LogP contribution < -0.4 is 15.4 Å². The molecule has 2 aromatic heterocycles. The number of H-pyrrole nitrogens is 2. The maximum Gasteiger partial charge on any atom is 0.407 e. The molecule has 0 spiro atoms. The molecule has 9 rings (SSSR count). The minimum absolute atomic E-state index is 0.109. The maximum absolute atomic E-state index is 14.4. The summed E-state index contributed by atoms with van der Waals surface area (Å²) < 4.78 is 22.6. The van der Waals surface area contributed by atoms with Crippen LogP contribution in [0.3, 0.4) is 0 Å². The van der Waals surface area contributed by atoms with E-state index in [-0.39, 0.29) is 47.6 Å². The summed E-state index contributed by atoms with van der Waals surface area (Å²) in [4.78, 5) is 73.6. The minimum Gasteiger partial charge on any atom is -0.488 e. The van der Waals surface area contributed by atoms with Gasteiger partial charge in [0.2, 0.25) is 11.8 Å². The topological polar surface area (TPSA) is 193 Å². The smallest absolute Gasteiger partial charge is 0.407 e. The number of carbonyl (C=O) groups excluding carboxylic acids is 4. The van der Waals surface area contributed by atoms with Gasteiger partial charge in [0.1, 0.15) is 36.1 Å². The van der Waals surface area contributed by atoms with Crippen molar-refractivity contribution in [2.75, 3.05) is 40.5 Å². The number of nitrogens with one attached hydrogen (secondary N) is 4. The third-order valence-corrected chi connectivity index (χ3v) is 14.6. The summed E-state index contributed by atoms with van der Waals surface area (Å²) in [5.74, 6) is 2.52. The number of benzene rings is 3. The fraction of sp³-hybridized carbons (Fsp3) is 0.538. The Balaban J connectivity index is 0.959. The Morgan fingerprint density at radius 2 is 1.46 bits per heavy atom. The van der Waals surface area contributed by atoms with Crippen LogP contribution >= 0.6 is 0 Å². The zero-order valence-electron chi connectivity index (χ0n) is 40.4. The molecule has 3 aromatic carbocycles. The van der Waals surface area contributed by atoms with Crippen LogP contribution in [0.5, 0.6) is 5.75 Å². The van der Waals surface area contributed by atoms with Gasteiger partial charge in [0.25, 0.3) is 0 Å². The Bertz CT molecular complexity index is 2670. The molecule has 2 saturated heterocycles. The lowest BCUT2D eigenvalue weighted by molar-refractivity contribution is -0.136. The summed E-state index contributed by atoms with van der Waals surface area (Å²) in [6.45, 7) is 12.5. The van der Waals surface area contributed by atoms with Crippen LogP contribution in [0.4, 0.5) is 9.59 Å². The fourth-order valence-corrected chi connectivity index (χ4v) is 10.9. The molecule has 1 saturated carbocycles. The highest BCUT2D eigenvalue weighted by atomic mass is 16.5. The number of nitrogens with zero attached hydrogens (tertiary/aromatic N) is 4. The van der Waals surface area contributed by atoms with Gasteiger partial charge in [0.15, 0.2) is 0 Å². The molecule has 16 heteroatoms. The number of fused-ring (bicyclic) bond motifs is 6. The molecule has 362 valence electrons. The van der Waals surface area contributed by atoms with E-state index in [0.29, 0.717) is 50.3 Å². The molecular formula is C52H66N8O8. The molecule has 5 aromatic rings. The Hall–Kier alpha value is -6.16. The molecular weight excluding hydrogens is 865 g/mol. The van der Waals surface area contributed by atoms with Crippen LogP contribution in [0.15, 0.2) is 48.7 Å². The molecule has 3 aliphatic heterocycles. The van der Waals surface area contributed by atoms with E-state index >= 15 is 0 Å². The Morgan fingerprint density at radius 3 is 2.15 bits per heavy atom. The van der Waals surface area contributed by atoms with Crippen molar-refractivity contribution in [1.82, 2.24) is 40.4 Å². The van der Waals surface area contributed by atoms with Crippen molar-refractivity contribution >= 4 is 45.8 Å². The first-order valence-corrected chi connectivity index (χ1v) is 24.5. The Labute approximate surface area is 397 Å². The number of ether oxygens (including phenoxy) is 4. The Kier molecular flexibility index (Phi) is 13.7. The van der Waals surface area contributed by atoms with Crippen LogP contribution in [0, 0.1) is 29.6 Å². The van der Waals surface area contributed by atoms with E-state index < -0.39 is 24.3 Å². The molecule has 68 heavy (non-hydrogen) atoms. The lowest BCUT2D eigenvalue weighted by Crippen LogP contribution is -2.51. The van der Waals surface area contributed by atoms with Gasteiger partial charge in [-0.15, -0.1) is 0 Å². The van der Waals surface area contributed by atoms with E-state index in [1.807, 2.05) is 49.8 Å². The molecule has 0 radical (unpaired) electrons. The van der Waals surface area contributed by atoms with Crippen molar-refractivity contribution in [3.8, 4) is 28.1 Å². The normalized spacial score (nSPS) is 21.4. The standard InChI is InChI=1S/C52H66N8O8/c1-28(2)44(57-51(63)65-6)49(61)59-23-30(5)17-41(59)47-53-22-40(55-47)34-13-15-36-35(19-34)27-68-43-21-37-33(20-38(36)43)14-16-39-46(37)56-48(54-39)42-18-32(26-67-25-31-11-9-8-10-12-31)24-60(42)50(62)45(29(3)4)58-52(64)66-7/h13-16,19-22,28-32,41-42,44-45H,8-12,17-18,23-27H2,1-7H3,(H,53,55)(H,54,56)(H,57,63)(H,58,64)/t30-,32-,41-,42-,44-,45-/m0/s1. The van der Waals surface area contributed by atoms with Crippen molar-refractivity contribution in [3.63, 3.8) is 0 Å². The third kappa shape index (κ3) is 9.48. The second-order valence-electron chi connectivity index (χ2n) is 20.2. The van der Waals surface area contributed by atoms with Gasteiger partial charge in [-0.1, -0.05) is 72.1 Å². The van der Waals surface area contributed by atoms with Gasteiger partial charge in [-0.2, -0.15) is 0 Å². The average Bonchev–Trinajstić information content (AvgIpc) is 4.17. The SMILES string of the molecule is COC(=O)N[C@H](C(=O)N1C[C@@H](C)C[C@H]1c1ncc(-c2ccc3c(c2)COc2cc4c(ccc5[nH]c([C@@H]6C[C@H](COCC7CCCCC7)CN6C(=O)[C@@H](NC(=O)OC)C(C)C)nc54)cc2-3)[nH]1)C(C)C. The molecule has 3 fully saturated rings. The molecule has 6 atom stereocenters. The van der Waals surface area contributed by atoms with Gasteiger partial charge < -0.3 is 49.3 Å². The van der Waals surface area contributed by atoms with Crippen LogP contribution in [0.2, 0.25) is 0 Å². The number of likely N-dealkylation sites (tertiary alicyclic amines) is 2. The summed E-state index contributed by atoms with van der Waals surface area (Å²) in [6.07, 6.45) is 8.22. The molecule has 16 nitrogen and oxygen atoms in total. The zero-order valence-corrected chi connectivity index (χ0v) is 40.4. The molecule has 0 unspecified atom stereocenters. The summed E-state index contributed by atoms with van der Waals surface area (Å²) in [5, 5.41) is 7.47. The first kappa shape index (κ1) is 46.9. The van der Waals surface area contributed by atoms with Crippen LogP contribution in [-0.2, 0) is 30.4 Å². The predicted octanol–water partition coefficient (Wildman–Crippen LogP) is 8.82. The lowest BCUT2D eigenvalue weighted by atomic mass is 9.90. The van der Waals surface area contributed by atoms with Gasteiger partial charge in [0.05, 0.1) is 55.8 Å². The minimum atomic E-state index is -0.762. The van der Waals surface area contributed by atoms with Gasteiger partial charge in [0, 0.05) is 36.6 Å². The number of aromatic nitrogens is 4. The molecule has 0 bridgehead atoms.